The highest BCUT2D eigenvalue weighted by Crippen LogP contribution is 2.50. The number of carbonyl (C=O) groups excluding carboxylic acids is 1. The van der Waals surface area contributed by atoms with Crippen LogP contribution in [-0.4, -0.2) is 10.9 Å². The van der Waals surface area contributed by atoms with Crippen molar-refractivity contribution in [3.63, 3.8) is 0 Å². The summed E-state index contributed by atoms with van der Waals surface area (Å²) in [4.78, 5) is 17.9. The molecule has 0 saturated heterocycles. The standard InChI is InChI=1S/C20H11FN2OS/c21-15-10-2-1-7-12(15)19(24)23-20-22-17-13-8-3-5-11-6-4-9-14(16(11)13)18(17)25-20/h1-10H,(H,22,23,24). The Bertz CT molecular complexity index is 1110. The predicted molar refractivity (Wildman–Crippen MR) is 98.4 cm³/mol. The fraction of sp³-hybridized carbons (Fsp3) is 0. The lowest BCUT2D eigenvalue weighted by atomic mass is 10.0. The maximum absolute atomic E-state index is 13.8. The molecule has 0 bridgehead atoms. The van der Waals surface area contributed by atoms with E-state index in [0.29, 0.717) is 5.13 Å². The molecule has 1 aliphatic carbocycles. The molecule has 4 aromatic rings. The first-order chi connectivity index (χ1) is 12.2. The minimum Gasteiger partial charge on any atom is -0.298 e. The summed E-state index contributed by atoms with van der Waals surface area (Å²) in [5.41, 5.74) is 3.10. The molecule has 0 aliphatic heterocycles. The number of carbonyl (C=O) groups is 1. The van der Waals surface area contributed by atoms with Crippen molar-refractivity contribution in [3.8, 4) is 21.7 Å². The molecule has 120 valence electrons. The zero-order valence-electron chi connectivity index (χ0n) is 12.9. The molecule has 0 saturated carbocycles. The molecule has 3 nitrogen and oxygen atoms in total. The number of amides is 1. The Morgan fingerprint density at radius 1 is 0.960 bits per heavy atom. The molecule has 3 aromatic carbocycles. The lowest BCUT2D eigenvalue weighted by Gasteiger charge is -2.04. The van der Waals surface area contributed by atoms with Crippen LogP contribution in [0.15, 0.2) is 60.7 Å². The molecular weight excluding hydrogens is 335 g/mol. The Balaban J connectivity index is 1.56. The fourth-order valence-electron chi connectivity index (χ4n) is 3.28. The number of benzene rings is 3. The molecule has 1 aliphatic rings. The molecule has 5 rings (SSSR count). The van der Waals surface area contributed by atoms with E-state index < -0.39 is 11.7 Å². The monoisotopic (exact) mass is 346 g/mol. The van der Waals surface area contributed by atoms with Crippen LogP contribution in [0.25, 0.3) is 32.5 Å². The van der Waals surface area contributed by atoms with Crippen LogP contribution in [0.5, 0.6) is 0 Å². The number of nitrogens with one attached hydrogen (secondary N) is 1. The number of halogens is 1. The summed E-state index contributed by atoms with van der Waals surface area (Å²) < 4.78 is 13.8. The van der Waals surface area contributed by atoms with Crippen molar-refractivity contribution >= 4 is 33.1 Å². The van der Waals surface area contributed by atoms with Crippen molar-refractivity contribution in [1.29, 1.82) is 0 Å². The van der Waals surface area contributed by atoms with Gasteiger partial charge in [0.05, 0.1) is 16.1 Å². The number of rotatable bonds is 2. The first-order valence-electron chi connectivity index (χ1n) is 7.81. The molecule has 0 atom stereocenters. The van der Waals surface area contributed by atoms with E-state index in [1.165, 1.54) is 34.2 Å². The van der Waals surface area contributed by atoms with Crippen molar-refractivity contribution in [1.82, 2.24) is 4.98 Å². The summed E-state index contributed by atoms with van der Waals surface area (Å²) in [7, 11) is 0. The van der Waals surface area contributed by atoms with Gasteiger partial charge in [0.25, 0.3) is 5.91 Å². The third kappa shape index (κ3) is 2.09. The van der Waals surface area contributed by atoms with Crippen LogP contribution < -0.4 is 5.32 Å². The molecule has 0 radical (unpaired) electrons. The van der Waals surface area contributed by atoms with Crippen LogP contribution in [0.2, 0.25) is 0 Å². The number of thiazole rings is 1. The molecule has 5 heteroatoms. The third-order valence-electron chi connectivity index (χ3n) is 4.37. The normalized spacial score (nSPS) is 11.6. The van der Waals surface area contributed by atoms with Crippen LogP contribution in [0.1, 0.15) is 10.4 Å². The van der Waals surface area contributed by atoms with Crippen molar-refractivity contribution < 1.29 is 9.18 Å². The maximum atomic E-state index is 13.8. The van der Waals surface area contributed by atoms with E-state index in [1.807, 2.05) is 18.2 Å². The van der Waals surface area contributed by atoms with Gasteiger partial charge < -0.3 is 0 Å². The Hall–Kier alpha value is -3.05. The van der Waals surface area contributed by atoms with Crippen LogP contribution in [0.4, 0.5) is 9.52 Å². The second kappa shape index (κ2) is 5.22. The molecule has 1 heterocycles. The topological polar surface area (TPSA) is 42.0 Å². The van der Waals surface area contributed by atoms with Gasteiger partial charge in [-0.25, -0.2) is 9.37 Å². The number of anilines is 1. The minimum absolute atomic E-state index is 0.0142. The summed E-state index contributed by atoms with van der Waals surface area (Å²) in [6.07, 6.45) is 0. The zero-order chi connectivity index (χ0) is 17.0. The number of hydrogen-bond donors (Lipinski definition) is 1. The van der Waals surface area contributed by atoms with Crippen molar-refractivity contribution in [2.45, 2.75) is 0 Å². The number of aromatic nitrogens is 1. The van der Waals surface area contributed by atoms with Gasteiger partial charge in [-0.1, -0.05) is 59.9 Å². The van der Waals surface area contributed by atoms with Gasteiger partial charge in [-0.2, -0.15) is 0 Å². The van der Waals surface area contributed by atoms with Gasteiger partial charge in [-0.3, -0.25) is 10.1 Å². The van der Waals surface area contributed by atoms with E-state index >= 15 is 0 Å². The lowest BCUT2D eigenvalue weighted by molar-refractivity contribution is 0.102. The van der Waals surface area contributed by atoms with E-state index in [4.69, 9.17) is 0 Å². The average Bonchev–Trinajstić information content (AvgIpc) is 3.15. The zero-order valence-corrected chi connectivity index (χ0v) is 13.7. The van der Waals surface area contributed by atoms with Crippen molar-refractivity contribution in [3.05, 3.63) is 72.0 Å². The summed E-state index contributed by atoms with van der Waals surface area (Å²) in [5.74, 6) is -1.03. The van der Waals surface area contributed by atoms with E-state index in [9.17, 15) is 9.18 Å². The molecular formula is C20H11FN2OS. The summed E-state index contributed by atoms with van der Waals surface area (Å²) in [6.45, 7) is 0. The summed E-state index contributed by atoms with van der Waals surface area (Å²) in [5, 5.41) is 5.57. The second-order valence-electron chi connectivity index (χ2n) is 5.84. The largest absolute Gasteiger partial charge is 0.298 e. The van der Waals surface area contributed by atoms with Gasteiger partial charge in [0.15, 0.2) is 5.13 Å². The van der Waals surface area contributed by atoms with Gasteiger partial charge in [-0.15, -0.1) is 0 Å². The van der Waals surface area contributed by atoms with Crippen LogP contribution in [-0.2, 0) is 0 Å². The van der Waals surface area contributed by atoms with Gasteiger partial charge in [0, 0.05) is 11.1 Å². The van der Waals surface area contributed by atoms with E-state index in [0.717, 1.165) is 21.7 Å². The van der Waals surface area contributed by atoms with Gasteiger partial charge in [0.1, 0.15) is 5.82 Å². The van der Waals surface area contributed by atoms with Gasteiger partial charge in [0.2, 0.25) is 0 Å². The summed E-state index contributed by atoms with van der Waals surface area (Å²) >= 11 is 1.42. The number of nitrogens with zero attached hydrogens (tertiary/aromatic N) is 1. The third-order valence-corrected chi connectivity index (χ3v) is 5.37. The quantitative estimate of drug-likeness (QED) is 0.469. The summed E-state index contributed by atoms with van der Waals surface area (Å²) in [6, 6.07) is 18.2. The molecule has 1 amide bonds. The SMILES string of the molecule is O=C(Nc1nc2c(s1)-c1cccc3cccc-2c13)c1ccccc1F. The minimum atomic E-state index is -0.542. The van der Waals surface area contributed by atoms with Gasteiger partial charge >= 0.3 is 0 Å². The molecule has 0 fully saturated rings. The molecule has 0 unspecified atom stereocenters. The lowest BCUT2D eigenvalue weighted by Crippen LogP contribution is -2.13. The number of hydrogen-bond acceptors (Lipinski definition) is 3. The van der Waals surface area contributed by atoms with Crippen LogP contribution in [0, 0.1) is 5.82 Å². The first-order valence-corrected chi connectivity index (χ1v) is 8.63. The van der Waals surface area contributed by atoms with Crippen molar-refractivity contribution in [2.75, 3.05) is 5.32 Å². The van der Waals surface area contributed by atoms with Crippen molar-refractivity contribution in [2.24, 2.45) is 0 Å². The molecule has 25 heavy (non-hydrogen) atoms. The predicted octanol–water partition coefficient (Wildman–Crippen LogP) is 5.34. The first kappa shape index (κ1) is 14.3. The average molecular weight is 346 g/mol. The number of fused-ring (bicyclic) bond motifs is 3. The Kier molecular flexibility index (Phi) is 2.99. The Labute approximate surface area is 146 Å². The smallest absolute Gasteiger partial charge is 0.260 e. The highest BCUT2D eigenvalue weighted by molar-refractivity contribution is 7.20. The van der Waals surface area contributed by atoms with E-state index in [1.54, 1.807) is 12.1 Å². The van der Waals surface area contributed by atoms with E-state index in [2.05, 4.69) is 28.5 Å². The maximum Gasteiger partial charge on any atom is 0.260 e. The second-order valence-corrected chi connectivity index (χ2v) is 6.84. The van der Waals surface area contributed by atoms with E-state index in [-0.39, 0.29) is 5.56 Å². The molecule has 1 aromatic heterocycles. The van der Waals surface area contributed by atoms with Crippen LogP contribution >= 0.6 is 11.3 Å². The Morgan fingerprint density at radius 3 is 2.52 bits per heavy atom. The molecule has 0 spiro atoms. The highest BCUT2D eigenvalue weighted by Gasteiger charge is 2.26. The fourth-order valence-corrected chi connectivity index (χ4v) is 4.28. The Morgan fingerprint density at radius 2 is 1.72 bits per heavy atom. The highest BCUT2D eigenvalue weighted by atomic mass is 32.1. The van der Waals surface area contributed by atoms with Gasteiger partial charge in [-0.05, 0) is 22.9 Å². The van der Waals surface area contributed by atoms with Crippen LogP contribution in [0.3, 0.4) is 0 Å². The molecule has 1 N–H and O–H groups in total.